The Morgan fingerprint density at radius 2 is 0.857 bits per heavy atom. The number of carbonyl (C=O) groups is 8. The van der Waals surface area contributed by atoms with E-state index in [2.05, 4.69) is 62.6 Å². The highest BCUT2D eigenvalue weighted by Crippen LogP contribution is 2.21. The van der Waals surface area contributed by atoms with Crippen LogP contribution in [0.1, 0.15) is 122 Å². The van der Waals surface area contributed by atoms with E-state index < -0.39 is 23.9 Å². The van der Waals surface area contributed by atoms with Crippen molar-refractivity contribution in [2.75, 3.05) is 24.9 Å². The number of methoxy groups -OCH3 is 2. The van der Waals surface area contributed by atoms with E-state index in [1.54, 1.807) is 45.9 Å². The Hall–Kier alpha value is -4.52. The summed E-state index contributed by atoms with van der Waals surface area (Å²) >= 11 is 6.84. The van der Waals surface area contributed by atoms with Crippen molar-refractivity contribution in [3.63, 3.8) is 0 Å². The van der Waals surface area contributed by atoms with E-state index >= 15 is 0 Å². The smallest absolute Gasteiger partial charge is 0.305 e. The fourth-order valence-electron chi connectivity index (χ4n) is 5.78. The van der Waals surface area contributed by atoms with Crippen molar-refractivity contribution < 1.29 is 58.0 Å². The maximum atomic E-state index is 12.5. The average molecular weight is 1010 g/mol. The third-order valence-electron chi connectivity index (χ3n) is 9.47. The van der Waals surface area contributed by atoms with Crippen LogP contribution in [0.2, 0.25) is 0 Å². The first-order chi connectivity index (χ1) is 29.4. The molecule has 0 saturated carbocycles. The minimum atomic E-state index is -0.734. The molecule has 6 N–H and O–H groups in total. The topological polar surface area (TPSA) is 244 Å². The Morgan fingerprint density at radius 3 is 1.17 bits per heavy atom. The van der Waals surface area contributed by atoms with Gasteiger partial charge in [0.1, 0.15) is 0 Å². The minimum Gasteiger partial charge on any atom is -0.469 e. The zero-order valence-corrected chi connectivity index (χ0v) is 39.6. The molecule has 0 heterocycles. The Labute approximate surface area is 388 Å². The average Bonchev–Trinajstić information content (AvgIpc) is 3.25. The number of hydrogen-bond donors (Lipinski definition) is 6. The monoisotopic (exact) mass is 1010 g/mol. The lowest BCUT2D eigenvalue weighted by molar-refractivity contribution is -0.141. The summed E-state index contributed by atoms with van der Waals surface area (Å²) < 4.78 is 9.08. The molecule has 16 nitrogen and oxygen atoms in total. The van der Waals surface area contributed by atoms with Gasteiger partial charge < -0.3 is 41.0 Å². The number of aliphatic hydroxyl groups is 2. The molecule has 0 saturated heterocycles. The maximum absolute atomic E-state index is 12.5. The Balaban J connectivity index is 0.00000120. The highest BCUT2D eigenvalue weighted by atomic mass is 79.9. The fourth-order valence-corrected chi connectivity index (χ4v) is 6.43. The SMILES string of the molecule is C.COC(=O)CCCCC(=O)N[C@@H](C)C(=O)C[C@@H](C)C(=O)Nc1cc(CBr)cc(CBr)c1.COC(=O)CCCCC(=O)N[C@@H](C)C(=O)C[C@@H](C)C(=O)Nc1cc(CO)cc(CO)c1. The van der Waals surface area contributed by atoms with Gasteiger partial charge in [-0.1, -0.05) is 65.3 Å². The van der Waals surface area contributed by atoms with Crippen LogP contribution in [-0.4, -0.2) is 83.7 Å². The van der Waals surface area contributed by atoms with Gasteiger partial charge in [0.25, 0.3) is 0 Å². The first-order valence-corrected chi connectivity index (χ1v) is 22.6. The van der Waals surface area contributed by atoms with Gasteiger partial charge in [-0.3, -0.25) is 38.4 Å². The van der Waals surface area contributed by atoms with Gasteiger partial charge in [0.2, 0.25) is 23.6 Å². The van der Waals surface area contributed by atoms with Crippen molar-refractivity contribution >= 4 is 90.4 Å². The minimum absolute atomic E-state index is 0. The van der Waals surface area contributed by atoms with Crippen LogP contribution in [-0.2, 0) is 71.7 Å². The van der Waals surface area contributed by atoms with Crippen molar-refractivity contribution in [3.8, 4) is 0 Å². The van der Waals surface area contributed by atoms with Gasteiger partial charge in [-0.05, 0) is 86.1 Å². The molecule has 0 aliphatic carbocycles. The lowest BCUT2D eigenvalue weighted by Gasteiger charge is -2.17. The number of ketones is 2. The summed E-state index contributed by atoms with van der Waals surface area (Å²) in [5.41, 5.74) is 4.29. The van der Waals surface area contributed by atoms with E-state index in [4.69, 9.17) is 0 Å². The van der Waals surface area contributed by atoms with Crippen LogP contribution in [0.3, 0.4) is 0 Å². The zero-order chi connectivity index (χ0) is 46.8. The summed E-state index contributed by atoms with van der Waals surface area (Å²) in [5.74, 6) is -3.46. The second kappa shape index (κ2) is 32.2. The van der Waals surface area contributed by atoms with Crippen LogP contribution < -0.4 is 21.3 Å². The molecule has 18 heteroatoms. The molecule has 0 radical (unpaired) electrons. The van der Waals surface area contributed by atoms with Crippen LogP contribution in [0.15, 0.2) is 36.4 Å². The van der Waals surface area contributed by atoms with Crippen LogP contribution in [0.4, 0.5) is 11.4 Å². The molecule has 0 spiro atoms. The number of benzene rings is 2. The second-order valence-corrected chi connectivity index (χ2v) is 16.0. The lowest BCUT2D eigenvalue weighted by Crippen LogP contribution is -2.39. The number of carbonyl (C=O) groups excluding carboxylic acids is 8. The number of ether oxygens (including phenoxy) is 2. The lowest BCUT2D eigenvalue weighted by atomic mass is 9.99. The van der Waals surface area contributed by atoms with E-state index in [0.29, 0.717) is 58.8 Å². The number of rotatable bonds is 26. The molecular formula is C45H66Br2N4O12. The number of anilines is 2. The largest absolute Gasteiger partial charge is 0.469 e. The molecule has 0 aliphatic rings. The summed E-state index contributed by atoms with van der Waals surface area (Å²) in [6, 6.07) is 9.20. The molecule has 4 atom stereocenters. The van der Waals surface area contributed by atoms with E-state index in [1.807, 2.05) is 18.2 Å². The third kappa shape index (κ3) is 24.2. The fraction of sp³-hybridized carbons (Fsp3) is 0.556. The molecular weight excluding hydrogens is 948 g/mol. The summed E-state index contributed by atoms with van der Waals surface area (Å²) in [7, 11) is 2.63. The van der Waals surface area contributed by atoms with E-state index in [0.717, 1.165) is 11.1 Å². The summed E-state index contributed by atoms with van der Waals surface area (Å²) in [6.45, 7) is 6.01. The Bertz CT molecular complexity index is 1650. The summed E-state index contributed by atoms with van der Waals surface area (Å²) in [4.78, 5) is 95.8. The number of amides is 4. The van der Waals surface area contributed by atoms with Gasteiger partial charge in [-0.2, -0.15) is 0 Å². The highest BCUT2D eigenvalue weighted by Gasteiger charge is 2.24. The third-order valence-corrected chi connectivity index (χ3v) is 10.8. The molecule has 0 aromatic heterocycles. The standard InChI is InChI=1S/C22H30Br2N2O5.C22H32N2O7.CH4/c1-14(22(30)26-18-10-16(12-23)9-17(11-18)13-24)8-19(27)15(2)25-20(28)6-4-5-7-21(29)31-3;1-14(22(30)24-18-10-16(12-25)9-17(11-18)13-26)8-19(27)15(2)23-20(28)6-4-5-7-21(29)31-3;/h9-11,14-15H,4-8,12-13H2,1-3H3,(H,25,28)(H,26,30);9-11,14-15,25-26H,4-8,12-13H2,1-3H3,(H,23,28)(H,24,30);1H4/t2*14-,15+;/m11./s1. The van der Waals surface area contributed by atoms with Gasteiger partial charge in [0.05, 0.1) is 39.5 Å². The van der Waals surface area contributed by atoms with Crippen molar-refractivity contribution in [2.45, 2.75) is 135 Å². The number of unbranched alkanes of at least 4 members (excludes halogenated alkanes) is 2. The van der Waals surface area contributed by atoms with Crippen molar-refractivity contribution in [2.24, 2.45) is 11.8 Å². The normalized spacial score (nSPS) is 12.3. The Kier molecular flexibility index (Phi) is 29.9. The molecule has 4 amide bonds. The zero-order valence-electron chi connectivity index (χ0n) is 36.4. The highest BCUT2D eigenvalue weighted by molar-refractivity contribution is 9.08. The number of aliphatic hydroxyl groups excluding tert-OH is 2. The van der Waals surface area contributed by atoms with Crippen LogP contribution in [0, 0.1) is 11.8 Å². The molecule has 63 heavy (non-hydrogen) atoms. The van der Waals surface area contributed by atoms with E-state index in [9.17, 15) is 48.6 Å². The summed E-state index contributed by atoms with van der Waals surface area (Å²) in [6.07, 6.45) is 3.01. The molecule has 352 valence electrons. The quantitative estimate of drug-likeness (QED) is 0.0344. The predicted molar refractivity (Wildman–Crippen MR) is 248 cm³/mol. The number of nitrogens with one attached hydrogen (secondary N) is 4. The van der Waals surface area contributed by atoms with Crippen LogP contribution in [0.5, 0.6) is 0 Å². The maximum Gasteiger partial charge on any atom is 0.305 e. The second-order valence-electron chi connectivity index (χ2n) is 14.9. The number of esters is 2. The van der Waals surface area contributed by atoms with E-state index in [1.165, 1.54) is 14.2 Å². The molecule has 0 fully saturated rings. The van der Waals surface area contributed by atoms with Crippen LogP contribution in [0.25, 0.3) is 0 Å². The number of Topliss-reactive ketones (excluding diaryl/α,β-unsaturated/α-hetero) is 2. The molecule has 0 aliphatic heterocycles. The van der Waals surface area contributed by atoms with Crippen molar-refractivity contribution in [1.29, 1.82) is 0 Å². The molecule has 2 aromatic rings. The van der Waals surface area contributed by atoms with Gasteiger partial charge >= 0.3 is 11.9 Å². The van der Waals surface area contributed by atoms with Gasteiger partial charge in [-0.15, -0.1) is 0 Å². The van der Waals surface area contributed by atoms with Gasteiger partial charge in [-0.25, -0.2) is 0 Å². The van der Waals surface area contributed by atoms with E-state index in [-0.39, 0.29) is 106 Å². The van der Waals surface area contributed by atoms with Crippen LogP contribution >= 0.6 is 31.9 Å². The number of halogens is 2. The Morgan fingerprint density at radius 1 is 0.540 bits per heavy atom. The first kappa shape index (κ1) is 58.5. The summed E-state index contributed by atoms with van der Waals surface area (Å²) in [5, 5.41) is 30.7. The predicted octanol–water partition coefficient (Wildman–Crippen LogP) is 6.33. The van der Waals surface area contributed by atoms with Crippen molar-refractivity contribution in [1.82, 2.24) is 10.6 Å². The molecule has 2 rings (SSSR count). The molecule has 2 aromatic carbocycles. The molecule has 0 unspecified atom stereocenters. The van der Waals surface area contributed by atoms with Crippen molar-refractivity contribution in [3.05, 3.63) is 58.7 Å². The number of alkyl halides is 2. The number of hydrogen-bond acceptors (Lipinski definition) is 12. The van der Waals surface area contributed by atoms with Gasteiger partial charge in [0, 0.05) is 72.4 Å². The molecule has 0 bridgehead atoms. The first-order valence-electron chi connectivity index (χ1n) is 20.4. The van der Waals surface area contributed by atoms with Gasteiger partial charge in [0.15, 0.2) is 11.6 Å².